The lowest BCUT2D eigenvalue weighted by molar-refractivity contribution is -0.161. The Balaban J connectivity index is 0.000000249. The highest BCUT2D eigenvalue weighted by Gasteiger charge is 2.70. The Morgan fingerprint density at radius 3 is 1.69 bits per heavy atom. The number of hydrogen-bond acceptors (Lipinski definition) is 12. The molecule has 0 saturated carbocycles. The van der Waals surface area contributed by atoms with Crippen LogP contribution in [0.4, 0.5) is 0 Å². The summed E-state index contributed by atoms with van der Waals surface area (Å²) in [6, 6.07) is 27.8. The van der Waals surface area contributed by atoms with E-state index in [0.717, 1.165) is 17.4 Å². The van der Waals surface area contributed by atoms with Gasteiger partial charge in [0, 0.05) is 46.2 Å². The maximum absolute atomic E-state index is 12.9. The highest BCUT2D eigenvalue weighted by atomic mass is 16.7. The maximum Gasteiger partial charge on any atom is 0.321 e. The molecule has 338 valence electrons. The number of amides is 3. The molecule has 0 aromatic heterocycles. The molecule has 3 aromatic carbocycles. The van der Waals surface area contributed by atoms with Gasteiger partial charge in [-0.15, -0.1) is 5.48 Å². The number of nitrogens with one attached hydrogen (secondary N) is 3. The van der Waals surface area contributed by atoms with E-state index in [-0.39, 0.29) is 17.7 Å². The van der Waals surface area contributed by atoms with Gasteiger partial charge in [0.05, 0.1) is 11.8 Å². The summed E-state index contributed by atoms with van der Waals surface area (Å²) >= 11 is 0. The minimum Gasteiger partial charge on any atom is -0.370 e. The average molecular weight is 859 g/mol. The topological polar surface area (TPSA) is 197 Å². The van der Waals surface area contributed by atoms with Crippen molar-refractivity contribution in [1.29, 1.82) is 0 Å². The molecule has 15 heteroatoms. The van der Waals surface area contributed by atoms with Crippen LogP contribution in [-0.2, 0) is 44.0 Å². The smallest absolute Gasteiger partial charge is 0.321 e. The van der Waals surface area contributed by atoms with Crippen LogP contribution < -0.4 is 16.3 Å². The predicted molar refractivity (Wildman–Crippen MR) is 236 cm³/mol. The first-order valence-electron chi connectivity index (χ1n) is 21.3. The SMILES string of the molecule is CCN(CC)C(=O)[C@@]1(C)N[C@]1(C=O)c1ccccc1.CCN(CC)C(=O)[C@](C)(NOC(C)=O)[C@H](C=O)c1ccccc1.CCN(CC)C(=O)[C@]1(C)NOC(O)[C@@H]1c1ccccc1. The number of carbonyl (C=O) groups is 6. The number of hydrogen-bond donors (Lipinski definition) is 4. The first-order chi connectivity index (χ1) is 29.5. The van der Waals surface area contributed by atoms with Crippen molar-refractivity contribution in [3.63, 3.8) is 0 Å². The molecule has 0 radical (unpaired) electrons. The van der Waals surface area contributed by atoms with Crippen LogP contribution in [0.2, 0.25) is 0 Å². The number of aliphatic hydroxyl groups is 1. The molecule has 3 amide bonds. The summed E-state index contributed by atoms with van der Waals surface area (Å²) in [5, 5.41) is 13.2. The molecule has 0 bridgehead atoms. The first-order valence-corrected chi connectivity index (χ1v) is 21.3. The summed E-state index contributed by atoms with van der Waals surface area (Å²) in [5.74, 6) is -2.19. The number of aliphatic hydroxyl groups excluding tert-OH is 1. The van der Waals surface area contributed by atoms with Crippen LogP contribution in [-0.4, -0.2) is 118 Å². The van der Waals surface area contributed by atoms with E-state index >= 15 is 0 Å². The fraction of sp³-hybridized carbons (Fsp3) is 0.489. The number of nitrogens with zero attached hydrogens (tertiary/aromatic N) is 3. The zero-order valence-electron chi connectivity index (χ0n) is 37.8. The van der Waals surface area contributed by atoms with Gasteiger partial charge in [0.25, 0.3) is 0 Å². The molecule has 15 nitrogen and oxygen atoms in total. The number of hydroxylamine groups is 2. The summed E-state index contributed by atoms with van der Waals surface area (Å²) in [4.78, 5) is 87.8. The Morgan fingerprint density at radius 2 is 1.24 bits per heavy atom. The molecule has 62 heavy (non-hydrogen) atoms. The Bertz CT molecular complexity index is 1930. The van der Waals surface area contributed by atoms with E-state index < -0.39 is 46.3 Å². The summed E-state index contributed by atoms with van der Waals surface area (Å²) in [5.41, 5.74) is 3.59. The number of benzene rings is 3. The minimum atomic E-state index is -1.39. The Labute approximate surface area is 366 Å². The number of rotatable bonds is 17. The van der Waals surface area contributed by atoms with E-state index in [2.05, 4.69) is 16.3 Å². The van der Waals surface area contributed by atoms with Crippen molar-refractivity contribution in [1.82, 2.24) is 31.0 Å². The van der Waals surface area contributed by atoms with Crippen LogP contribution in [0.1, 0.15) is 97.8 Å². The van der Waals surface area contributed by atoms with Crippen molar-refractivity contribution >= 4 is 36.3 Å². The van der Waals surface area contributed by atoms with Gasteiger partial charge in [0.1, 0.15) is 34.7 Å². The quantitative estimate of drug-likeness (QED) is 0.0859. The van der Waals surface area contributed by atoms with Crippen molar-refractivity contribution in [2.45, 2.75) is 110 Å². The Morgan fingerprint density at radius 1 is 0.774 bits per heavy atom. The molecule has 2 heterocycles. The van der Waals surface area contributed by atoms with E-state index in [9.17, 15) is 33.9 Å². The summed E-state index contributed by atoms with van der Waals surface area (Å²) in [7, 11) is 0. The molecule has 3 aromatic rings. The Hall–Kier alpha value is -5.32. The van der Waals surface area contributed by atoms with Gasteiger partial charge in [-0.3, -0.25) is 29.3 Å². The highest BCUT2D eigenvalue weighted by molar-refractivity contribution is 5.99. The monoisotopic (exact) mass is 858 g/mol. The lowest BCUT2D eigenvalue weighted by atomic mass is 9.80. The lowest BCUT2D eigenvalue weighted by Crippen LogP contribution is -2.60. The van der Waals surface area contributed by atoms with Crippen molar-refractivity contribution in [3.8, 4) is 0 Å². The predicted octanol–water partition coefficient (Wildman–Crippen LogP) is 4.23. The Kier molecular flexibility index (Phi) is 18.7. The molecule has 2 aliphatic rings. The zero-order valence-corrected chi connectivity index (χ0v) is 37.8. The second kappa shape index (κ2) is 22.7. The van der Waals surface area contributed by atoms with Gasteiger partial charge in [-0.05, 0) is 79.0 Å². The number of likely N-dealkylation sites (N-methyl/N-ethyl adjacent to an activating group) is 3. The molecule has 1 unspecified atom stereocenters. The minimum absolute atomic E-state index is 0.0200. The van der Waals surface area contributed by atoms with Gasteiger partial charge in [-0.1, -0.05) is 91.0 Å². The van der Waals surface area contributed by atoms with E-state index in [1.165, 1.54) is 6.92 Å². The van der Waals surface area contributed by atoms with Gasteiger partial charge in [-0.25, -0.2) is 0 Å². The van der Waals surface area contributed by atoms with Crippen LogP contribution in [0.25, 0.3) is 0 Å². The van der Waals surface area contributed by atoms with Crippen molar-refractivity contribution in [3.05, 3.63) is 108 Å². The molecule has 0 spiro atoms. The molecule has 2 aliphatic heterocycles. The second-order valence-electron chi connectivity index (χ2n) is 15.6. The summed E-state index contributed by atoms with van der Waals surface area (Å²) in [6.45, 7) is 21.4. The average Bonchev–Trinajstić information content (AvgIpc) is 3.82. The molecule has 4 N–H and O–H groups in total. The number of carbonyl (C=O) groups excluding carboxylic acids is 6. The van der Waals surface area contributed by atoms with Crippen LogP contribution in [0.3, 0.4) is 0 Å². The second-order valence-corrected chi connectivity index (χ2v) is 15.6. The van der Waals surface area contributed by atoms with Crippen molar-refractivity contribution in [2.24, 2.45) is 0 Å². The van der Waals surface area contributed by atoms with E-state index in [0.29, 0.717) is 51.1 Å². The van der Waals surface area contributed by atoms with Crippen LogP contribution in [0.5, 0.6) is 0 Å². The van der Waals surface area contributed by atoms with Crippen LogP contribution in [0, 0.1) is 0 Å². The van der Waals surface area contributed by atoms with Gasteiger partial charge in [0.15, 0.2) is 6.29 Å². The maximum atomic E-state index is 12.9. The van der Waals surface area contributed by atoms with Gasteiger partial charge in [0.2, 0.25) is 17.7 Å². The third-order valence-electron chi connectivity index (χ3n) is 11.8. The lowest BCUT2D eigenvalue weighted by Gasteiger charge is -2.37. The largest absolute Gasteiger partial charge is 0.370 e. The van der Waals surface area contributed by atoms with E-state index in [1.807, 2.05) is 108 Å². The third kappa shape index (κ3) is 10.8. The number of aldehydes is 2. The molecule has 2 saturated heterocycles. The fourth-order valence-electron chi connectivity index (χ4n) is 7.93. The summed E-state index contributed by atoms with van der Waals surface area (Å²) in [6.07, 6.45) is 0.513. The molecule has 2 fully saturated rings. The van der Waals surface area contributed by atoms with Crippen molar-refractivity contribution < 1.29 is 43.5 Å². The van der Waals surface area contributed by atoms with E-state index in [4.69, 9.17) is 9.68 Å². The standard InChI is InChI=1S/C17H24N2O4.C15H22N2O3.C15H20N2O2/c1-5-19(6-2)16(22)17(4,18-23-13(3)21)15(12-20)14-10-8-7-9-11-14;1-4-17(5-2)14(19)15(3)12(13(18)20-16-15)11-9-7-6-8-10-11;1-4-17(5-2)13(19)14(3)15(11-18,16-14)12-9-7-6-8-10-12/h7-12,15,18H,5-6H2,1-4H3;6-10,12-13,16,18H,4-5H2,1-3H3;6-11,16H,4-5H2,1-3H3/t15-,17-;12-,13?,15+;14-,15-/m101/s1. The molecule has 7 atom stereocenters. The summed E-state index contributed by atoms with van der Waals surface area (Å²) < 4.78 is 0. The molecular weight excluding hydrogens is 793 g/mol. The van der Waals surface area contributed by atoms with E-state index in [1.54, 1.807) is 59.7 Å². The van der Waals surface area contributed by atoms with Gasteiger partial charge in [-0.2, -0.15) is 5.48 Å². The van der Waals surface area contributed by atoms with Gasteiger partial charge >= 0.3 is 5.97 Å². The van der Waals surface area contributed by atoms with Crippen LogP contribution in [0.15, 0.2) is 91.0 Å². The highest BCUT2D eigenvalue weighted by Crippen LogP contribution is 2.47. The molecule has 0 aliphatic carbocycles. The third-order valence-corrected chi connectivity index (χ3v) is 11.8. The zero-order chi connectivity index (χ0) is 46.3. The fourth-order valence-corrected chi connectivity index (χ4v) is 7.93. The van der Waals surface area contributed by atoms with Crippen molar-refractivity contribution in [2.75, 3.05) is 39.3 Å². The molecule has 5 rings (SSSR count). The van der Waals surface area contributed by atoms with Gasteiger partial charge < -0.3 is 34.2 Å². The normalized spacial score (nSPS) is 23.7. The molecular formula is C47H66N6O9. The van der Waals surface area contributed by atoms with Crippen LogP contribution >= 0.6 is 0 Å². The first kappa shape index (κ1) is 51.0.